The van der Waals surface area contributed by atoms with Crippen LogP contribution in [0.1, 0.15) is 25.3 Å². The molecule has 1 aliphatic rings. The van der Waals surface area contributed by atoms with Gasteiger partial charge in [0.05, 0.1) is 11.5 Å². The van der Waals surface area contributed by atoms with Gasteiger partial charge in [0, 0.05) is 32.7 Å². The molecule has 1 aromatic rings. The van der Waals surface area contributed by atoms with Crippen LogP contribution in [0, 0.1) is 12.8 Å². The number of amides is 2. The van der Waals surface area contributed by atoms with Crippen molar-refractivity contribution >= 4 is 21.8 Å². The molecule has 1 fully saturated rings. The lowest BCUT2D eigenvalue weighted by Gasteiger charge is -2.31. The highest BCUT2D eigenvalue weighted by molar-refractivity contribution is 7.89. The standard InChI is InChI=1S/C19H29N3O5S/c1-14-4-6-17(7-5-14)28(25,26)22-11-8-16(9-12-22)19(24)21-15(2)18(23)20-10-13-27-3/h4-7,15-16H,8-13H2,1-3H3,(H,20,23)(H,21,24). The number of aryl methyl sites for hydroxylation is 1. The number of benzene rings is 1. The number of piperidine rings is 1. The monoisotopic (exact) mass is 411 g/mol. The fourth-order valence-electron chi connectivity index (χ4n) is 3.04. The summed E-state index contributed by atoms with van der Waals surface area (Å²) in [5.74, 6) is -0.801. The average molecular weight is 412 g/mol. The van der Waals surface area contributed by atoms with E-state index in [1.165, 1.54) is 4.31 Å². The molecule has 0 aromatic heterocycles. The van der Waals surface area contributed by atoms with Crippen LogP contribution in [0.2, 0.25) is 0 Å². The minimum absolute atomic E-state index is 0.221. The van der Waals surface area contributed by atoms with Gasteiger partial charge in [-0.15, -0.1) is 0 Å². The summed E-state index contributed by atoms with van der Waals surface area (Å²) in [6.45, 7) is 4.87. The summed E-state index contributed by atoms with van der Waals surface area (Å²) in [4.78, 5) is 24.6. The maximum Gasteiger partial charge on any atom is 0.243 e. The van der Waals surface area contributed by atoms with Crippen LogP contribution in [0.25, 0.3) is 0 Å². The molecule has 2 amide bonds. The Morgan fingerprint density at radius 1 is 1.21 bits per heavy atom. The number of hydrogen-bond donors (Lipinski definition) is 2. The summed E-state index contributed by atoms with van der Waals surface area (Å²) in [6.07, 6.45) is 0.851. The Bertz CT molecular complexity index is 771. The van der Waals surface area contributed by atoms with E-state index in [0.717, 1.165) is 5.56 Å². The first-order valence-corrected chi connectivity index (χ1v) is 10.8. The smallest absolute Gasteiger partial charge is 0.243 e. The molecule has 0 spiro atoms. The van der Waals surface area contributed by atoms with E-state index in [1.807, 2.05) is 6.92 Å². The molecule has 0 saturated carbocycles. The summed E-state index contributed by atoms with van der Waals surface area (Å²) in [7, 11) is -2.01. The highest BCUT2D eigenvalue weighted by Gasteiger charge is 2.32. The van der Waals surface area contributed by atoms with E-state index in [9.17, 15) is 18.0 Å². The van der Waals surface area contributed by atoms with Gasteiger partial charge in [0.2, 0.25) is 21.8 Å². The van der Waals surface area contributed by atoms with E-state index in [-0.39, 0.29) is 35.7 Å². The van der Waals surface area contributed by atoms with E-state index in [1.54, 1.807) is 38.3 Å². The van der Waals surface area contributed by atoms with E-state index in [2.05, 4.69) is 10.6 Å². The largest absolute Gasteiger partial charge is 0.383 e. The third-order valence-electron chi connectivity index (χ3n) is 4.84. The molecule has 2 rings (SSSR count). The van der Waals surface area contributed by atoms with Crippen molar-refractivity contribution in [2.45, 2.75) is 37.6 Å². The number of nitrogens with zero attached hydrogens (tertiary/aromatic N) is 1. The van der Waals surface area contributed by atoms with Crippen LogP contribution < -0.4 is 10.6 Å². The first kappa shape index (κ1) is 22.3. The first-order valence-electron chi connectivity index (χ1n) is 9.39. The van der Waals surface area contributed by atoms with Crippen LogP contribution in [-0.4, -0.2) is 63.9 Å². The lowest BCUT2D eigenvalue weighted by atomic mass is 9.97. The Kier molecular flexibility index (Phi) is 7.97. The topological polar surface area (TPSA) is 105 Å². The lowest BCUT2D eigenvalue weighted by molar-refractivity contribution is -0.131. The number of carbonyl (C=O) groups is 2. The third kappa shape index (κ3) is 5.76. The highest BCUT2D eigenvalue weighted by Crippen LogP contribution is 2.24. The van der Waals surface area contributed by atoms with Crippen molar-refractivity contribution in [1.82, 2.24) is 14.9 Å². The molecule has 1 unspecified atom stereocenters. The van der Waals surface area contributed by atoms with Crippen LogP contribution in [0.5, 0.6) is 0 Å². The molecule has 1 aromatic carbocycles. The van der Waals surface area contributed by atoms with Gasteiger partial charge in [-0.1, -0.05) is 17.7 Å². The number of methoxy groups -OCH3 is 1. The van der Waals surface area contributed by atoms with E-state index in [4.69, 9.17) is 4.74 Å². The van der Waals surface area contributed by atoms with Crippen molar-refractivity contribution < 1.29 is 22.7 Å². The second kappa shape index (κ2) is 9.99. The zero-order chi connectivity index (χ0) is 20.7. The molecule has 1 heterocycles. The summed E-state index contributed by atoms with van der Waals surface area (Å²) in [5.41, 5.74) is 0.995. The van der Waals surface area contributed by atoms with Crippen LogP contribution >= 0.6 is 0 Å². The normalized spacial score (nSPS) is 17.1. The maximum absolute atomic E-state index is 12.7. The van der Waals surface area contributed by atoms with Gasteiger partial charge in [-0.05, 0) is 38.8 Å². The molecule has 0 bridgehead atoms. The molecule has 9 heteroatoms. The minimum atomic E-state index is -3.55. The van der Waals surface area contributed by atoms with Gasteiger partial charge in [0.15, 0.2) is 0 Å². The van der Waals surface area contributed by atoms with E-state index >= 15 is 0 Å². The van der Waals surface area contributed by atoms with Gasteiger partial charge in [-0.3, -0.25) is 9.59 Å². The van der Waals surface area contributed by atoms with Crippen LogP contribution in [0.4, 0.5) is 0 Å². The second-order valence-electron chi connectivity index (χ2n) is 7.01. The zero-order valence-electron chi connectivity index (χ0n) is 16.6. The van der Waals surface area contributed by atoms with E-state index < -0.39 is 16.1 Å². The predicted octanol–water partition coefficient (Wildman–Crippen LogP) is 0.663. The molecule has 1 atom stereocenters. The number of sulfonamides is 1. The molecule has 0 radical (unpaired) electrons. The van der Waals surface area contributed by atoms with E-state index in [0.29, 0.717) is 26.0 Å². The van der Waals surface area contributed by atoms with Crippen molar-refractivity contribution in [3.8, 4) is 0 Å². The Morgan fingerprint density at radius 2 is 1.82 bits per heavy atom. The van der Waals surface area contributed by atoms with Crippen molar-refractivity contribution in [3.05, 3.63) is 29.8 Å². The molecular weight excluding hydrogens is 382 g/mol. The molecular formula is C19H29N3O5S. The van der Waals surface area contributed by atoms with Crippen molar-refractivity contribution in [1.29, 1.82) is 0 Å². The fourth-order valence-corrected chi connectivity index (χ4v) is 4.51. The average Bonchev–Trinajstić information content (AvgIpc) is 2.68. The number of ether oxygens (including phenoxy) is 1. The molecule has 1 saturated heterocycles. The SMILES string of the molecule is COCCNC(=O)C(C)NC(=O)C1CCN(S(=O)(=O)c2ccc(C)cc2)CC1. The van der Waals surface area contributed by atoms with Gasteiger partial charge in [-0.25, -0.2) is 8.42 Å². The summed E-state index contributed by atoms with van der Waals surface area (Å²) in [6, 6.07) is 6.09. The molecule has 28 heavy (non-hydrogen) atoms. The lowest BCUT2D eigenvalue weighted by Crippen LogP contribution is -2.49. The maximum atomic E-state index is 12.7. The summed E-state index contributed by atoms with van der Waals surface area (Å²) < 4.78 is 31.7. The fraction of sp³-hybridized carbons (Fsp3) is 0.579. The number of rotatable bonds is 8. The van der Waals surface area contributed by atoms with Gasteiger partial charge in [0.25, 0.3) is 0 Å². The summed E-state index contributed by atoms with van der Waals surface area (Å²) >= 11 is 0. The molecule has 8 nitrogen and oxygen atoms in total. The van der Waals surface area contributed by atoms with Gasteiger partial charge >= 0.3 is 0 Å². The quantitative estimate of drug-likeness (QED) is 0.612. The number of nitrogens with one attached hydrogen (secondary N) is 2. The predicted molar refractivity (Wildman–Crippen MR) is 105 cm³/mol. The molecule has 2 N–H and O–H groups in total. The molecule has 1 aliphatic heterocycles. The highest BCUT2D eigenvalue weighted by atomic mass is 32.2. The van der Waals surface area contributed by atoms with Crippen molar-refractivity contribution in [2.75, 3.05) is 33.4 Å². The second-order valence-corrected chi connectivity index (χ2v) is 8.94. The van der Waals surface area contributed by atoms with Gasteiger partial charge in [-0.2, -0.15) is 4.31 Å². The Morgan fingerprint density at radius 3 is 2.39 bits per heavy atom. The molecule has 0 aliphatic carbocycles. The minimum Gasteiger partial charge on any atom is -0.383 e. The number of hydrogen-bond acceptors (Lipinski definition) is 5. The third-order valence-corrected chi connectivity index (χ3v) is 6.75. The van der Waals surface area contributed by atoms with Crippen LogP contribution in [-0.2, 0) is 24.3 Å². The first-order chi connectivity index (χ1) is 13.3. The van der Waals surface area contributed by atoms with Crippen molar-refractivity contribution in [2.24, 2.45) is 5.92 Å². The molecule has 156 valence electrons. The Labute approximate surface area is 166 Å². The van der Waals surface area contributed by atoms with Crippen molar-refractivity contribution in [3.63, 3.8) is 0 Å². The zero-order valence-corrected chi connectivity index (χ0v) is 17.4. The van der Waals surface area contributed by atoms with Gasteiger partial charge in [0.1, 0.15) is 6.04 Å². The summed E-state index contributed by atoms with van der Waals surface area (Å²) in [5, 5.41) is 5.38. The Hall–Kier alpha value is -1.97. The van der Waals surface area contributed by atoms with Crippen LogP contribution in [0.3, 0.4) is 0 Å². The van der Waals surface area contributed by atoms with Gasteiger partial charge < -0.3 is 15.4 Å². The number of carbonyl (C=O) groups excluding carboxylic acids is 2. The Balaban J connectivity index is 1.86. The van der Waals surface area contributed by atoms with Crippen LogP contribution in [0.15, 0.2) is 29.2 Å².